The molecule has 1 fully saturated rings. The van der Waals surface area contributed by atoms with E-state index in [-0.39, 0.29) is 6.29 Å². The normalized spacial score (nSPS) is 15.8. The lowest BCUT2D eigenvalue weighted by Crippen LogP contribution is -2.05. The van der Waals surface area contributed by atoms with Gasteiger partial charge in [-0.25, -0.2) is 0 Å². The zero-order chi connectivity index (χ0) is 11.2. The molecule has 2 rings (SSSR count). The van der Waals surface area contributed by atoms with Gasteiger partial charge in [0.05, 0.1) is 19.8 Å². The lowest BCUT2D eigenvalue weighted by molar-refractivity contribution is -0.0442. The summed E-state index contributed by atoms with van der Waals surface area (Å²) in [6.07, 6.45) is -0.250. The molecule has 3 heteroatoms. The van der Waals surface area contributed by atoms with Crippen LogP contribution in [0.25, 0.3) is 0 Å². The summed E-state index contributed by atoms with van der Waals surface area (Å²) in [7, 11) is 1.88. The highest BCUT2D eigenvalue weighted by Gasteiger charge is 2.20. The highest BCUT2D eigenvalue weighted by molar-refractivity contribution is 5.42. The number of nitrogens with one attached hydrogen (secondary N) is 1. The predicted molar refractivity (Wildman–Crippen MR) is 61.9 cm³/mol. The van der Waals surface area contributed by atoms with Gasteiger partial charge >= 0.3 is 0 Å². The summed E-state index contributed by atoms with van der Waals surface area (Å²) in [6, 6.07) is 7.94. The van der Waals surface area contributed by atoms with Crippen molar-refractivity contribution < 1.29 is 9.47 Å². The molecule has 1 saturated heterocycles. The van der Waals surface area contributed by atoms with E-state index >= 15 is 0 Å². The van der Waals surface area contributed by atoms with Gasteiger partial charge < -0.3 is 14.8 Å². The fourth-order valence-electron chi connectivity index (χ4n) is 1.58. The molecule has 1 N–H and O–H groups in total. The molecule has 0 unspecified atom stereocenters. The van der Waals surface area contributed by atoms with Crippen molar-refractivity contribution in [2.24, 2.45) is 0 Å². The molecule has 0 atom stereocenters. The number of benzene rings is 1. The first-order valence-corrected chi connectivity index (χ1v) is 5.37. The van der Waals surface area contributed by atoms with E-state index in [0.29, 0.717) is 19.8 Å². The molecule has 0 bridgehead atoms. The molecule has 1 aliphatic rings. The second kappa shape index (κ2) is 5.66. The van der Waals surface area contributed by atoms with Crippen molar-refractivity contribution in [1.29, 1.82) is 0 Å². The molecule has 1 aromatic rings. The third-order valence-electron chi connectivity index (χ3n) is 2.32. The Kier molecular flexibility index (Phi) is 3.95. The van der Waals surface area contributed by atoms with Crippen molar-refractivity contribution in [2.75, 3.05) is 26.8 Å². The summed E-state index contributed by atoms with van der Waals surface area (Å²) >= 11 is 0. The standard InChI is InChI=1S/C13H15NO2/c1-14-8-4-6-11-5-2-3-7-12(11)13-15-9-10-16-13/h2-3,5,7,13-14H,8-10H2,1H3. The molecule has 0 aromatic heterocycles. The Balaban J connectivity index is 2.20. The minimum Gasteiger partial charge on any atom is -0.346 e. The molecule has 0 amide bonds. The second-order valence-corrected chi connectivity index (χ2v) is 3.49. The van der Waals surface area contributed by atoms with Gasteiger partial charge in [0.25, 0.3) is 0 Å². The van der Waals surface area contributed by atoms with Crippen LogP contribution in [-0.2, 0) is 9.47 Å². The van der Waals surface area contributed by atoms with E-state index in [1.54, 1.807) is 0 Å². The number of ether oxygens (including phenoxy) is 2. The van der Waals surface area contributed by atoms with Crippen molar-refractivity contribution in [1.82, 2.24) is 5.32 Å². The quantitative estimate of drug-likeness (QED) is 0.757. The first-order chi connectivity index (χ1) is 7.92. The summed E-state index contributed by atoms with van der Waals surface area (Å²) < 4.78 is 11.0. The van der Waals surface area contributed by atoms with Crippen LogP contribution in [0, 0.1) is 11.8 Å². The largest absolute Gasteiger partial charge is 0.346 e. The highest BCUT2D eigenvalue weighted by Crippen LogP contribution is 2.25. The second-order valence-electron chi connectivity index (χ2n) is 3.49. The van der Waals surface area contributed by atoms with Crippen LogP contribution < -0.4 is 5.32 Å². The smallest absolute Gasteiger partial charge is 0.185 e. The van der Waals surface area contributed by atoms with Crippen LogP contribution in [-0.4, -0.2) is 26.8 Å². The predicted octanol–water partition coefficient (Wildman–Crippen LogP) is 1.30. The van der Waals surface area contributed by atoms with Crippen LogP contribution in [0.3, 0.4) is 0 Å². The van der Waals surface area contributed by atoms with Crippen molar-refractivity contribution in [3.63, 3.8) is 0 Å². The van der Waals surface area contributed by atoms with E-state index in [1.807, 2.05) is 31.3 Å². The van der Waals surface area contributed by atoms with E-state index < -0.39 is 0 Å². The van der Waals surface area contributed by atoms with Crippen LogP contribution in [0.1, 0.15) is 17.4 Å². The lowest BCUT2D eigenvalue weighted by Gasteiger charge is -2.10. The minimum atomic E-state index is -0.250. The average Bonchev–Trinajstić information content (AvgIpc) is 2.83. The van der Waals surface area contributed by atoms with Gasteiger partial charge in [-0.1, -0.05) is 30.0 Å². The molecule has 84 valence electrons. The molecule has 1 aromatic carbocycles. The molecular formula is C13H15NO2. The Morgan fingerprint density at radius 3 is 2.81 bits per heavy atom. The third-order valence-corrected chi connectivity index (χ3v) is 2.32. The fraction of sp³-hybridized carbons (Fsp3) is 0.385. The summed E-state index contributed by atoms with van der Waals surface area (Å²) in [5, 5.41) is 2.99. The molecule has 0 aliphatic carbocycles. The zero-order valence-corrected chi connectivity index (χ0v) is 9.32. The number of hydrogen-bond acceptors (Lipinski definition) is 3. The Hall–Kier alpha value is -1.34. The van der Waals surface area contributed by atoms with Crippen LogP contribution in [0.5, 0.6) is 0 Å². The Morgan fingerprint density at radius 1 is 1.31 bits per heavy atom. The first-order valence-electron chi connectivity index (χ1n) is 5.37. The van der Waals surface area contributed by atoms with E-state index in [1.165, 1.54) is 0 Å². The van der Waals surface area contributed by atoms with Crippen molar-refractivity contribution >= 4 is 0 Å². The molecule has 1 heterocycles. The SMILES string of the molecule is CNCC#Cc1ccccc1C1OCCO1. The van der Waals surface area contributed by atoms with Crippen molar-refractivity contribution in [2.45, 2.75) is 6.29 Å². The van der Waals surface area contributed by atoms with Gasteiger partial charge in [0, 0.05) is 11.1 Å². The van der Waals surface area contributed by atoms with Gasteiger partial charge in [0.2, 0.25) is 0 Å². The maximum atomic E-state index is 5.48. The van der Waals surface area contributed by atoms with E-state index in [0.717, 1.165) is 11.1 Å². The van der Waals surface area contributed by atoms with Gasteiger partial charge in [-0.05, 0) is 13.1 Å². The van der Waals surface area contributed by atoms with Gasteiger partial charge in [0.1, 0.15) is 0 Å². The first kappa shape index (κ1) is 11.2. The van der Waals surface area contributed by atoms with Gasteiger partial charge in [-0.3, -0.25) is 0 Å². The number of rotatable bonds is 2. The Bertz CT molecular complexity index is 400. The van der Waals surface area contributed by atoms with E-state index in [4.69, 9.17) is 9.47 Å². The minimum absolute atomic E-state index is 0.250. The Morgan fingerprint density at radius 2 is 2.06 bits per heavy atom. The average molecular weight is 217 g/mol. The van der Waals surface area contributed by atoms with E-state index in [9.17, 15) is 0 Å². The maximum absolute atomic E-state index is 5.48. The molecule has 0 saturated carbocycles. The summed E-state index contributed by atoms with van der Waals surface area (Å²) in [5.74, 6) is 6.16. The fourth-order valence-corrected chi connectivity index (χ4v) is 1.58. The lowest BCUT2D eigenvalue weighted by atomic mass is 10.1. The van der Waals surface area contributed by atoms with E-state index in [2.05, 4.69) is 17.2 Å². The maximum Gasteiger partial charge on any atom is 0.185 e. The van der Waals surface area contributed by atoms with Crippen LogP contribution in [0.4, 0.5) is 0 Å². The molecule has 16 heavy (non-hydrogen) atoms. The van der Waals surface area contributed by atoms with Crippen LogP contribution in [0.2, 0.25) is 0 Å². The molecule has 0 radical (unpaired) electrons. The monoisotopic (exact) mass is 217 g/mol. The third kappa shape index (κ3) is 2.61. The van der Waals surface area contributed by atoms with Gasteiger partial charge in [-0.2, -0.15) is 0 Å². The molecule has 1 aliphatic heterocycles. The van der Waals surface area contributed by atoms with Crippen LogP contribution in [0.15, 0.2) is 24.3 Å². The van der Waals surface area contributed by atoms with Crippen LogP contribution >= 0.6 is 0 Å². The zero-order valence-electron chi connectivity index (χ0n) is 9.32. The van der Waals surface area contributed by atoms with Gasteiger partial charge in [0.15, 0.2) is 6.29 Å². The number of hydrogen-bond donors (Lipinski definition) is 1. The summed E-state index contributed by atoms with van der Waals surface area (Å²) in [5.41, 5.74) is 1.99. The molecule has 0 spiro atoms. The van der Waals surface area contributed by atoms with Gasteiger partial charge in [-0.15, -0.1) is 0 Å². The molecular weight excluding hydrogens is 202 g/mol. The molecule has 3 nitrogen and oxygen atoms in total. The summed E-state index contributed by atoms with van der Waals surface area (Å²) in [4.78, 5) is 0. The highest BCUT2D eigenvalue weighted by atomic mass is 16.7. The summed E-state index contributed by atoms with van der Waals surface area (Å²) in [6.45, 7) is 1.99. The topological polar surface area (TPSA) is 30.5 Å². The van der Waals surface area contributed by atoms with Crippen molar-refractivity contribution in [3.05, 3.63) is 35.4 Å². The van der Waals surface area contributed by atoms with Crippen molar-refractivity contribution in [3.8, 4) is 11.8 Å². The Labute approximate surface area is 95.8 Å².